The highest BCUT2D eigenvalue weighted by atomic mass is 16.5. The van der Waals surface area contributed by atoms with Crippen molar-refractivity contribution in [3.63, 3.8) is 0 Å². The van der Waals surface area contributed by atoms with Gasteiger partial charge in [0.1, 0.15) is 5.75 Å². The predicted molar refractivity (Wildman–Crippen MR) is 98.2 cm³/mol. The van der Waals surface area contributed by atoms with Crippen LogP contribution in [0.4, 0.5) is 0 Å². The van der Waals surface area contributed by atoms with Gasteiger partial charge < -0.3 is 14.8 Å². The van der Waals surface area contributed by atoms with E-state index in [1.54, 1.807) is 31.4 Å². The summed E-state index contributed by atoms with van der Waals surface area (Å²) >= 11 is 0. The summed E-state index contributed by atoms with van der Waals surface area (Å²) in [6.45, 7) is 4.21. The molecule has 4 heteroatoms. The normalized spacial score (nSPS) is 16.2. The van der Waals surface area contributed by atoms with E-state index in [1.807, 2.05) is 0 Å². The molecule has 1 N–H and O–H groups in total. The maximum atomic E-state index is 12.6. The van der Waals surface area contributed by atoms with Crippen molar-refractivity contribution >= 4 is 5.91 Å². The third-order valence-corrected chi connectivity index (χ3v) is 5.11. The topological polar surface area (TPSA) is 47.6 Å². The molecule has 1 aliphatic rings. The second-order valence-electron chi connectivity index (χ2n) is 6.62. The van der Waals surface area contributed by atoms with Crippen LogP contribution in [-0.2, 0) is 10.2 Å². The Morgan fingerprint density at radius 3 is 2.44 bits per heavy atom. The molecule has 0 unspecified atom stereocenters. The third-order valence-electron chi connectivity index (χ3n) is 5.11. The Kier molecular flexibility index (Phi) is 5.39. The Hall–Kier alpha value is -2.33. The van der Waals surface area contributed by atoms with E-state index < -0.39 is 0 Å². The van der Waals surface area contributed by atoms with Crippen LogP contribution in [0.2, 0.25) is 0 Å². The van der Waals surface area contributed by atoms with E-state index in [0.717, 1.165) is 31.8 Å². The Bertz CT molecular complexity index is 718. The third kappa shape index (κ3) is 3.85. The van der Waals surface area contributed by atoms with Crippen LogP contribution < -0.4 is 10.1 Å². The summed E-state index contributed by atoms with van der Waals surface area (Å²) in [4.78, 5) is 12.6. The van der Waals surface area contributed by atoms with E-state index in [1.165, 1.54) is 11.1 Å². The van der Waals surface area contributed by atoms with Gasteiger partial charge >= 0.3 is 0 Å². The molecule has 0 aromatic heterocycles. The molecule has 0 bridgehead atoms. The van der Waals surface area contributed by atoms with Crippen molar-refractivity contribution in [3.8, 4) is 5.75 Å². The van der Waals surface area contributed by atoms with E-state index in [9.17, 15) is 4.79 Å². The summed E-state index contributed by atoms with van der Waals surface area (Å²) in [7, 11) is 1.62. The number of nitrogens with one attached hydrogen (secondary N) is 1. The van der Waals surface area contributed by atoms with Gasteiger partial charge in [0.25, 0.3) is 5.91 Å². The highest BCUT2D eigenvalue weighted by Gasteiger charge is 2.35. The van der Waals surface area contributed by atoms with Gasteiger partial charge in [-0.05, 0) is 55.2 Å². The summed E-state index contributed by atoms with van der Waals surface area (Å²) < 4.78 is 10.7. The first-order valence-corrected chi connectivity index (χ1v) is 8.71. The molecule has 4 nitrogen and oxygen atoms in total. The first-order chi connectivity index (χ1) is 12.1. The molecule has 1 amide bonds. The van der Waals surface area contributed by atoms with Crippen molar-refractivity contribution < 1.29 is 14.3 Å². The van der Waals surface area contributed by atoms with Gasteiger partial charge in [-0.15, -0.1) is 0 Å². The number of hydrogen-bond donors (Lipinski definition) is 1. The molecule has 0 aliphatic carbocycles. The summed E-state index contributed by atoms with van der Waals surface area (Å²) in [5.41, 5.74) is 3.16. The highest BCUT2D eigenvalue weighted by Crippen LogP contribution is 2.36. The van der Waals surface area contributed by atoms with E-state index in [0.29, 0.717) is 12.1 Å². The summed E-state index contributed by atoms with van der Waals surface area (Å²) in [5, 5.41) is 3.14. The van der Waals surface area contributed by atoms with Crippen LogP contribution in [0.3, 0.4) is 0 Å². The quantitative estimate of drug-likeness (QED) is 0.907. The largest absolute Gasteiger partial charge is 0.497 e. The lowest BCUT2D eigenvalue weighted by molar-refractivity contribution is 0.0485. The number of carbonyl (C=O) groups excluding carboxylic acids is 1. The van der Waals surface area contributed by atoms with Gasteiger partial charge in [0, 0.05) is 30.7 Å². The number of benzene rings is 2. The van der Waals surface area contributed by atoms with Gasteiger partial charge in [-0.2, -0.15) is 0 Å². The molecule has 1 fully saturated rings. The van der Waals surface area contributed by atoms with Crippen LogP contribution in [0.15, 0.2) is 48.5 Å². The Labute approximate surface area is 149 Å². The summed E-state index contributed by atoms with van der Waals surface area (Å²) in [6.07, 6.45) is 1.83. The van der Waals surface area contributed by atoms with Gasteiger partial charge in [0.2, 0.25) is 0 Å². The molecule has 0 atom stereocenters. The van der Waals surface area contributed by atoms with Crippen LogP contribution in [0, 0.1) is 6.92 Å². The fraction of sp³-hybridized carbons (Fsp3) is 0.381. The molecule has 2 aromatic carbocycles. The van der Waals surface area contributed by atoms with Crippen molar-refractivity contribution in [3.05, 3.63) is 65.2 Å². The summed E-state index contributed by atoms with van der Waals surface area (Å²) in [5.74, 6) is 0.694. The van der Waals surface area contributed by atoms with Gasteiger partial charge in [0.05, 0.1) is 7.11 Å². The van der Waals surface area contributed by atoms with Gasteiger partial charge in [-0.25, -0.2) is 0 Å². The Morgan fingerprint density at radius 1 is 1.12 bits per heavy atom. The second kappa shape index (κ2) is 7.70. The SMILES string of the molecule is COc1ccc(C(=O)NCC2(c3ccccc3C)CCOCC2)cc1. The Morgan fingerprint density at radius 2 is 1.80 bits per heavy atom. The average Bonchev–Trinajstić information content (AvgIpc) is 2.67. The lowest BCUT2D eigenvalue weighted by Gasteiger charge is -2.39. The van der Waals surface area contributed by atoms with Gasteiger partial charge in [-0.1, -0.05) is 24.3 Å². The lowest BCUT2D eigenvalue weighted by Crippen LogP contribution is -2.45. The van der Waals surface area contributed by atoms with Crippen LogP contribution in [0.5, 0.6) is 5.75 Å². The molecular weight excluding hydrogens is 314 g/mol. The number of carbonyl (C=O) groups is 1. The van der Waals surface area contributed by atoms with Gasteiger partial charge in [0.15, 0.2) is 0 Å². The highest BCUT2D eigenvalue weighted by molar-refractivity contribution is 5.94. The minimum absolute atomic E-state index is 0.0536. The fourth-order valence-electron chi connectivity index (χ4n) is 3.57. The number of methoxy groups -OCH3 is 1. The summed E-state index contributed by atoms with van der Waals surface area (Å²) in [6, 6.07) is 15.6. The fourth-order valence-corrected chi connectivity index (χ4v) is 3.57. The first kappa shape index (κ1) is 17.5. The molecule has 0 spiro atoms. The van der Waals surface area contributed by atoms with Crippen molar-refractivity contribution in [1.82, 2.24) is 5.32 Å². The van der Waals surface area contributed by atoms with Crippen molar-refractivity contribution in [2.45, 2.75) is 25.2 Å². The second-order valence-corrected chi connectivity index (χ2v) is 6.62. The molecule has 2 aromatic rings. The zero-order chi connectivity index (χ0) is 17.7. The van der Waals surface area contributed by atoms with Crippen molar-refractivity contribution in [2.75, 3.05) is 26.9 Å². The smallest absolute Gasteiger partial charge is 0.251 e. The van der Waals surface area contributed by atoms with Crippen molar-refractivity contribution in [2.24, 2.45) is 0 Å². The number of aryl methyl sites for hydroxylation is 1. The molecular formula is C21H25NO3. The van der Waals surface area contributed by atoms with Gasteiger partial charge in [-0.3, -0.25) is 4.79 Å². The first-order valence-electron chi connectivity index (χ1n) is 8.71. The molecule has 1 aliphatic heterocycles. The standard InChI is InChI=1S/C21H25NO3/c1-16-5-3-4-6-19(16)21(11-13-25-14-12-21)15-22-20(23)17-7-9-18(24-2)10-8-17/h3-10H,11-15H2,1-2H3,(H,22,23). The average molecular weight is 339 g/mol. The zero-order valence-corrected chi connectivity index (χ0v) is 14.9. The minimum atomic E-state index is -0.0638. The monoisotopic (exact) mass is 339 g/mol. The molecule has 0 radical (unpaired) electrons. The van der Waals surface area contributed by atoms with Crippen LogP contribution >= 0.6 is 0 Å². The van der Waals surface area contributed by atoms with E-state index in [-0.39, 0.29) is 11.3 Å². The molecule has 1 saturated heterocycles. The Balaban J connectivity index is 1.77. The van der Waals surface area contributed by atoms with Crippen LogP contribution in [0.25, 0.3) is 0 Å². The number of amides is 1. The molecule has 3 rings (SSSR count). The molecule has 0 saturated carbocycles. The van der Waals surface area contributed by atoms with E-state index in [4.69, 9.17) is 9.47 Å². The zero-order valence-electron chi connectivity index (χ0n) is 14.9. The molecule has 25 heavy (non-hydrogen) atoms. The maximum Gasteiger partial charge on any atom is 0.251 e. The van der Waals surface area contributed by atoms with E-state index in [2.05, 4.69) is 36.5 Å². The molecule has 1 heterocycles. The predicted octanol–water partition coefficient (Wildman–Crippen LogP) is 3.48. The van der Waals surface area contributed by atoms with Crippen LogP contribution in [0.1, 0.15) is 34.3 Å². The number of rotatable bonds is 5. The maximum absolute atomic E-state index is 12.6. The minimum Gasteiger partial charge on any atom is -0.497 e. The number of hydrogen-bond acceptors (Lipinski definition) is 3. The number of ether oxygens (including phenoxy) is 2. The van der Waals surface area contributed by atoms with E-state index >= 15 is 0 Å². The molecule has 132 valence electrons. The van der Waals surface area contributed by atoms with Crippen LogP contribution in [-0.4, -0.2) is 32.8 Å². The lowest BCUT2D eigenvalue weighted by atomic mass is 9.72. The van der Waals surface area contributed by atoms with Crippen molar-refractivity contribution in [1.29, 1.82) is 0 Å².